The van der Waals surface area contributed by atoms with Gasteiger partial charge >= 0.3 is 0 Å². The van der Waals surface area contributed by atoms with Crippen molar-refractivity contribution in [3.8, 4) is 0 Å². The molecule has 6 atom stereocenters. The zero-order valence-corrected chi connectivity index (χ0v) is 26.9. The Bertz CT molecular complexity index is 1020. The topological polar surface area (TPSA) is 90.4 Å². The van der Waals surface area contributed by atoms with Gasteiger partial charge in [-0.05, 0) is 64.2 Å². The van der Waals surface area contributed by atoms with Crippen molar-refractivity contribution < 1.29 is 24.2 Å². The lowest BCUT2D eigenvalue weighted by molar-refractivity contribution is -0.158. The molecule has 8 nitrogen and oxygen atoms in total. The highest BCUT2D eigenvalue weighted by Gasteiger charge is 2.80. The first-order valence-corrected chi connectivity index (χ1v) is 15.5. The highest BCUT2D eigenvalue weighted by Crippen LogP contribution is 2.65. The van der Waals surface area contributed by atoms with E-state index in [1.807, 2.05) is 18.7 Å². The third kappa shape index (κ3) is 5.88. The molecule has 0 saturated carbocycles. The van der Waals surface area contributed by atoms with Crippen LogP contribution in [0.25, 0.3) is 0 Å². The summed E-state index contributed by atoms with van der Waals surface area (Å²) in [7, 11) is 0. The first-order valence-electron chi connectivity index (χ1n) is 15.5. The number of carbonyl (C=O) groups excluding carboxylic acids is 3. The summed E-state index contributed by atoms with van der Waals surface area (Å²) in [6.07, 6.45) is 6.62. The van der Waals surface area contributed by atoms with Gasteiger partial charge in [-0.25, -0.2) is 0 Å². The van der Waals surface area contributed by atoms with Crippen LogP contribution in [0.3, 0.4) is 0 Å². The average Bonchev–Trinajstić information content (AvgIpc) is 3.37. The molecule has 0 aromatic rings. The second kappa shape index (κ2) is 12.2. The molecule has 1 N–H and O–H groups in total. The molecular formula is C33H55N3O5. The summed E-state index contributed by atoms with van der Waals surface area (Å²) < 4.78 is 6.95. The Kier molecular flexibility index (Phi) is 9.91. The van der Waals surface area contributed by atoms with Gasteiger partial charge in [0.25, 0.3) is 0 Å². The van der Waals surface area contributed by atoms with Crippen molar-refractivity contribution in [1.29, 1.82) is 0 Å². The van der Waals surface area contributed by atoms with Gasteiger partial charge in [0.15, 0.2) is 0 Å². The van der Waals surface area contributed by atoms with E-state index in [-0.39, 0.29) is 35.7 Å². The average molecular weight is 574 g/mol. The summed E-state index contributed by atoms with van der Waals surface area (Å²) in [6.45, 7) is 26.1. The lowest BCUT2D eigenvalue weighted by atomic mass is 9.62. The molecule has 3 rings (SSSR count). The Morgan fingerprint density at radius 1 is 1.12 bits per heavy atom. The van der Waals surface area contributed by atoms with Crippen LogP contribution >= 0.6 is 0 Å². The maximum absolute atomic E-state index is 14.9. The van der Waals surface area contributed by atoms with Gasteiger partial charge in [0.1, 0.15) is 11.6 Å². The van der Waals surface area contributed by atoms with E-state index in [9.17, 15) is 19.5 Å². The lowest BCUT2D eigenvalue weighted by Gasteiger charge is -2.45. The number of hydrogen-bond acceptors (Lipinski definition) is 5. The van der Waals surface area contributed by atoms with Crippen LogP contribution in [0.5, 0.6) is 0 Å². The van der Waals surface area contributed by atoms with Crippen LogP contribution in [-0.4, -0.2) is 93.1 Å². The number of nitrogens with zero attached hydrogens (tertiary/aromatic N) is 3. The molecule has 0 aromatic heterocycles. The minimum absolute atomic E-state index is 0.0106. The maximum atomic E-state index is 14.9. The number of fused-ring (bicyclic) bond motifs is 1. The number of aliphatic hydroxyl groups excluding tert-OH is 1. The number of hydrogen-bond donors (Lipinski definition) is 1. The van der Waals surface area contributed by atoms with Gasteiger partial charge in [-0.1, -0.05) is 46.8 Å². The Morgan fingerprint density at radius 3 is 2.29 bits per heavy atom. The van der Waals surface area contributed by atoms with E-state index in [0.717, 1.165) is 12.8 Å². The van der Waals surface area contributed by atoms with Crippen LogP contribution in [0.4, 0.5) is 0 Å². The Hall–Kier alpha value is -2.19. The number of ether oxygens (including phenoxy) is 1. The van der Waals surface area contributed by atoms with E-state index in [2.05, 4.69) is 54.7 Å². The van der Waals surface area contributed by atoms with E-state index in [1.165, 1.54) is 0 Å². The Balaban J connectivity index is 2.15. The van der Waals surface area contributed by atoms with Crippen LogP contribution < -0.4 is 0 Å². The number of likely N-dealkylation sites (tertiary alicyclic amines) is 1. The molecule has 8 heteroatoms. The molecule has 3 unspecified atom stereocenters. The SMILES string of the molecule is C=CCN(CCC)C(=O)[C@H]1[C@H]2C(=O)N(CCCCO)C(C(=O)N(CC=C)C(C)(C)CC(C)(C)C)C23CC(C)[C@]1(C)O3. The molecule has 232 valence electrons. The van der Waals surface area contributed by atoms with Gasteiger partial charge in [0.2, 0.25) is 17.7 Å². The summed E-state index contributed by atoms with van der Waals surface area (Å²) in [5.41, 5.74) is -2.50. The largest absolute Gasteiger partial charge is 0.396 e. The van der Waals surface area contributed by atoms with Crippen LogP contribution in [0, 0.1) is 23.2 Å². The number of unbranched alkanes of at least 4 members (excludes halogenated alkanes) is 1. The molecule has 3 saturated heterocycles. The predicted molar refractivity (Wildman–Crippen MR) is 162 cm³/mol. The number of amides is 3. The number of rotatable bonds is 14. The maximum Gasteiger partial charge on any atom is 0.249 e. The number of carbonyl (C=O) groups is 3. The third-order valence-electron chi connectivity index (χ3n) is 9.55. The zero-order valence-electron chi connectivity index (χ0n) is 26.9. The van der Waals surface area contributed by atoms with Gasteiger partial charge in [-0.15, -0.1) is 13.2 Å². The van der Waals surface area contributed by atoms with Gasteiger partial charge in [0, 0.05) is 38.3 Å². The molecule has 41 heavy (non-hydrogen) atoms. The second-order valence-corrected chi connectivity index (χ2v) is 14.5. The molecule has 0 aliphatic carbocycles. The van der Waals surface area contributed by atoms with Crippen molar-refractivity contribution in [2.24, 2.45) is 23.2 Å². The highest BCUT2D eigenvalue weighted by molar-refractivity contribution is 5.99. The molecule has 0 aromatic carbocycles. The molecule has 2 bridgehead atoms. The fraction of sp³-hybridized carbons (Fsp3) is 0.788. The van der Waals surface area contributed by atoms with Gasteiger partial charge in [0.05, 0.1) is 17.4 Å². The highest BCUT2D eigenvalue weighted by atomic mass is 16.5. The molecule has 3 amide bonds. The van der Waals surface area contributed by atoms with Crippen molar-refractivity contribution in [3.63, 3.8) is 0 Å². The summed E-state index contributed by atoms with van der Waals surface area (Å²) in [5, 5.41) is 9.49. The van der Waals surface area contributed by atoms with Crippen LogP contribution in [0.2, 0.25) is 0 Å². The minimum Gasteiger partial charge on any atom is -0.396 e. The molecule has 3 aliphatic heterocycles. The fourth-order valence-electron chi connectivity index (χ4n) is 8.25. The van der Waals surface area contributed by atoms with Crippen molar-refractivity contribution in [1.82, 2.24) is 14.7 Å². The summed E-state index contributed by atoms with van der Waals surface area (Å²) >= 11 is 0. The van der Waals surface area contributed by atoms with E-state index >= 15 is 0 Å². The van der Waals surface area contributed by atoms with Crippen molar-refractivity contribution >= 4 is 17.7 Å². The monoisotopic (exact) mass is 573 g/mol. The van der Waals surface area contributed by atoms with Crippen molar-refractivity contribution in [2.75, 3.05) is 32.8 Å². The van der Waals surface area contributed by atoms with Crippen LogP contribution in [0.1, 0.15) is 87.5 Å². The van der Waals surface area contributed by atoms with Gasteiger partial charge in [-0.3, -0.25) is 14.4 Å². The zero-order chi connectivity index (χ0) is 31.0. The molecular weight excluding hydrogens is 518 g/mol. The molecule has 3 heterocycles. The van der Waals surface area contributed by atoms with Crippen molar-refractivity contribution in [2.45, 2.75) is 110 Å². The predicted octanol–water partition coefficient (Wildman–Crippen LogP) is 4.42. The fourth-order valence-corrected chi connectivity index (χ4v) is 8.25. The summed E-state index contributed by atoms with van der Waals surface area (Å²) in [6, 6.07) is -0.848. The second-order valence-electron chi connectivity index (χ2n) is 14.5. The summed E-state index contributed by atoms with van der Waals surface area (Å²) in [4.78, 5) is 48.9. The van der Waals surface area contributed by atoms with Crippen LogP contribution in [0.15, 0.2) is 25.3 Å². The van der Waals surface area contributed by atoms with Crippen LogP contribution in [-0.2, 0) is 19.1 Å². The molecule has 3 aliphatic rings. The Labute approximate surface area is 248 Å². The van der Waals surface area contributed by atoms with E-state index in [4.69, 9.17) is 4.74 Å². The smallest absolute Gasteiger partial charge is 0.249 e. The lowest BCUT2D eigenvalue weighted by Crippen LogP contribution is -2.61. The molecule has 1 spiro atoms. The van der Waals surface area contributed by atoms with E-state index in [0.29, 0.717) is 45.4 Å². The van der Waals surface area contributed by atoms with Gasteiger partial charge < -0.3 is 24.5 Å². The van der Waals surface area contributed by atoms with E-state index < -0.39 is 34.6 Å². The number of aliphatic hydroxyl groups is 1. The normalized spacial score (nSPS) is 30.9. The third-order valence-corrected chi connectivity index (χ3v) is 9.55. The van der Waals surface area contributed by atoms with E-state index in [1.54, 1.807) is 22.0 Å². The summed E-state index contributed by atoms with van der Waals surface area (Å²) in [5.74, 6) is -1.87. The minimum atomic E-state index is -1.09. The van der Waals surface area contributed by atoms with Crippen molar-refractivity contribution in [3.05, 3.63) is 25.3 Å². The molecule has 3 fully saturated rings. The first-order chi connectivity index (χ1) is 19.1. The quantitative estimate of drug-likeness (QED) is 0.245. The first kappa shape index (κ1) is 33.3. The Morgan fingerprint density at radius 2 is 1.76 bits per heavy atom. The standard InChI is InChI=1S/C33H55N3O5/c1-11-16-34(17-12-2)27(38)24-25-28(39)35(19-14-15-20-37)26(33(25)21-23(4)32(24,10)41-33)29(40)36(18-13-3)31(8,9)22-30(5,6)7/h11,13,23-26,37H,1,3,12,14-22H2,2,4-10H3/t23?,24-,25+,26?,32+,33?/m1/s1. The molecule has 0 radical (unpaired) electrons. The van der Waals surface area contributed by atoms with Gasteiger partial charge in [-0.2, -0.15) is 0 Å².